The molecule has 0 atom stereocenters. The molecule has 1 aliphatic carbocycles. The first-order chi connectivity index (χ1) is 6.64. The van der Waals surface area contributed by atoms with Crippen LogP contribution in [0.1, 0.15) is 39.0 Å². The summed E-state index contributed by atoms with van der Waals surface area (Å²) in [6, 6.07) is 0. The van der Waals surface area contributed by atoms with Gasteiger partial charge in [-0.15, -0.1) is 6.58 Å². The Balaban J connectivity index is 2.72. The summed E-state index contributed by atoms with van der Waals surface area (Å²) in [7, 11) is 1.48. The summed E-state index contributed by atoms with van der Waals surface area (Å²) in [5.74, 6) is 0.696. The minimum Gasteiger partial charge on any atom is -0.469 e. The highest BCUT2D eigenvalue weighted by Crippen LogP contribution is 2.42. The molecule has 2 nitrogen and oxygen atoms in total. The van der Waals surface area contributed by atoms with Crippen LogP contribution in [-0.2, 0) is 9.53 Å². The number of methoxy groups -OCH3 is 1. The van der Waals surface area contributed by atoms with Gasteiger partial charge in [0.15, 0.2) is 0 Å². The molecule has 0 saturated heterocycles. The molecular weight excluding hydrogens is 176 g/mol. The summed E-state index contributed by atoms with van der Waals surface area (Å²) in [6.45, 7) is 5.97. The van der Waals surface area contributed by atoms with Crippen LogP contribution in [-0.4, -0.2) is 13.1 Å². The van der Waals surface area contributed by atoms with Gasteiger partial charge in [0.1, 0.15) is 0 Å². The quantitative estimate of drug-likeness (QED) is 0.512. The number of esters is 1. The normalized spacial score (nSPS) is 32.3. The van der Waals surface area contributed by atoms with Gasteiger partial charge in [0.25, 0.3) is 0 Å². The molecule has 0 N–H and O–H groups in total. The Morgan fingerprint density at radius 3 is 2.57 bits per heavy atom. The van der Waals surface area contributed by atoms with E-state index >= 15 is 0 Å². The standard InChI is InChI=1S/C12H20O2/c1-4-7-12(11(13)14-3)8-5-10(2)6-9-12/h4,10H,1,5-9H2,2-3H3. The Labute approximate surface area is 86.3 Å². The number of carbonyl (C=O) groups is 1. The van der Waals surface area contributed by atoms with Crippen LogP contribution in [0, 0.1) is 11.3 Å². The average Bonchev–Trinajstić information content (AvgIpc) is 2.21. The largest absolute Gasteiger partial charge is 0.469 e. The van der Waals surface area contributed by atoms with Crippen LogP contribution in [0.4, 0.5) is 0 Å². The van der Waals surface area contributed by atoms with Crippen LogP contribution in [0.5, 0.6) is 0 Å². The summed E-state index contributed by atoms with van der Waals surface area (Å²) in [5.41, 5.74) is -0.261. The second-order valence-corrected chi connectivity index (χ2v) is 4.45. The zero-order valence-electron chi connectivity index (χ0n) is 9.21. The molecule has 0 aromatic carbocycles. The van der Waals surface area contributed by atoms with Crippen molar-refractivity contribution in [3.05, 3.63) is 12.7 Å². The number of rotatable bonds is 3. The summed E-state index contributed by atoms with van der Waals surface area (Å²) >= 11 is 0. The van der Waals surface area contributed by atoms with Gasteiger partial charge in [-0.05, 0) is 38.0 Å². The van der Waals surface area contributed by atoms with Crippen LogP contribution >= 0.6 is 0 Å². The van der Waals surface area contributed by atoms with Gasteiger partial charge in [0, 0.05) is 0 Å². The fourth-order valence-corrected chi connectivity index (χ4v) is 2.30. The predicted molar refractivity (Wildman–Crippen MR) is 56.9 cm³/mol. The van der Waals surface area contributed by atoms with E-state index in [9.17, 15) is 4.79 Å². The number of carbonyl (C=O) groups excluding carboxylic acids is 1. The van der Waals surface area contributed by atoms with Crippen LogP contribution < -0.4 is 0 Å². The predicted octanol–water partition coefficient (Wildman–Crippen LogP) is 2.93. The van der Waals surface area contributed by atoms with Gasteiger partial charge in [-0.25, -0.2) is 0 Å². The van der Waals surface area contributed by atoms with E-state index < -0.39 is 0 Å². The molecule has 1 fully saturated rings. The van der Waals surface area contributed by atoms with Gasteiger partial charge in [-0.3, -0.25) is 4.79 Å². The highest BCUT2D eigenvalue weighted by Gasteiger charge is 2.40. The minimum atomic E-state index is -0.261. The molecular formula is C12H20O2. The second-order valence-electron chi connectivity index (χ2n) is 4.45. The summed E-state index contributed by atoms with van der Waals surface area (Å²) in [6.07, 6.45) is 6.75. The van der Waals surface area contributed by atoms with Crippen molar-refractivity contribution in [1.82, 2.24) is 0 Å². The average molecular weight is 196 g/mol. The summed E-state index contributed by atoms with van der Waals surface area (Å²) in [4.78, 5) is 11.7. The van der Waals surface area contributed by atoms with Gasteiger partial charge < -0.3 is 4.74 Å². The SMILES string of the molecule is C=CCC1(C(=O)OC)CCC(C)CC1. The highest BCUT2D eigenvalue weighted by molar-refractivity contribution is 5.77. The molecule has 1 rings (SSSR count). The lowest BCUT2D eigenvalue weighted by atomic mass is 9.69. The van der Waals surface area contributed by atoms with Crippen molar-refractivity contribution >= 4 is 5.97 Å². The van der Waals surface area contributed by atoms with E-state index in [1.165, 1.54) is 7.11 Å². The molecule has 0 amide bonds. The molecule has 0 aromatic rings. The number of hydrogen-bond acceptors (Lipinski definition) is 2. The molecule has 0 bridgehead atoms. The maximum atomic E-state index is 11.7. The Bertz CT molecular complexity index is 212. The molecule has 14 heavy (non-hydrogen) atoms. The molecule has 0 spiro atoms. The first-order valence-electron chi connectivity index (χ1n) is 5.34. The lowest BCUT2D eigenvalue weighted by Gasteiger charge is -2.36. The van der Waals surface area contributed by atoms with Crippen molar-refractivity contribution in [3.8, 4) is 0 Å². The summed E-state index contributed by atoms with van der Waals surface area (Å²) < 4.78 is 4.89. The second kappa shape index (κ2) is 4.63. The van der Waals surface area contributed by atoms with E-state index in [2.05, 4.69) is 13.5 Å². The van der Waals surface area contributed by atoms with Crippen molar-refractivity contribution in [2.24, 2.45) is 11.3 Å². The summed E-state index contributed by atoms with van der Waals surface area (Å²) in [5, 5.41) is 0. The topological polar surface area (TPSA) is 26.3 Å². The third kappa shape index (κ3) is 2.17. The number of ether oxygens (including phenoxy) is 1. The molecule has 0 radical (unpaired) electrons. The fraction of sp³-hybridized carbons (Fsp3) is 0.750. The van der Waals surface area contributed by atoms with Crippen LogP contribution in [0.15, 0.2) is 12.7 Å². The Morgan fingerprint density at radius 1 is 1.57 bits per heavy atom. The Hall–Kier alpha value is -0.790. The van der Waals surface area contributed by atoms with E-state index in [1.807, 2.05) is 6.08 Å². The van der Waals surface area contributed by atoms with E-state index in [1.54, 1.807) is 0 Å². The van der Waals surface area contributed by atoms with Gasteiger partial charge in [-0.1, -0.05) is 13.0 Å². The monoisotopic (exact) mass is 196 g/mol. The lowest BCUT2D eigenvalue weighted by Crippen LogP contribution is -2.35. The molecule has 0 aliphatic heterocycles. The lowest BCUT2D eigenvalue weighted by molar-refractivity contribution is -0.155. The molecule has 1 saturated carbocycles. The Kier molecular flexibility index (Phi) is 3.73. The van der Waals surface area contributed by atoms with Gasteiger partial charge in [0.05, 0.1) is 12.5 Å². The molecule has 2 heteroatoms. The molecule has 80 valence electrons. The fourth-order valence-electron chi connectivity index (χ4n) is 2.30. The molecule has 0 unspecified atom stereocenters. The molecule has 0 heterocycles. The molecule has 0 aromatic heterocycles. The van der Waals surface area contributed by atoms with E-state index in [0.29, 0.717) is 0 Å². The van der Waals surface area contributed by atoms with Gasteiger partial charge in [-0.2, -0.15) is 0 Å². The van der Waals surface area contributed by atoms with Crippen molar-refractivity contribution in [2.75, 3.05) is 7.11 Å². The zero-order chi connectivity index (χ0) is 10.6. The zero-order valence-corrected chi connectivity index (χ0v) is 9.21. The third-order valence-corrected chi connectivity index (χ3v) is 3.38. The highest BCUT2D eigenvalue weighted by atomic mass is 16.5. The maximum absolute atomic E-state index is 11.7. The van der Waals surface area contributed by atoms with Crippen molar-refractivity contribution in [2.45, 2.75) is 39.0 Å². The van der Waals surface area contributed by atoms with Crippen molar-refractivity contribution < 1.29 is 9.53 Å². The van der Waals surface area contributed by atoms with E-state index in [0.717, 1.165) is 38.0 Å². The Morgan fingerprint density at radius 2 is 2.14 bits per heavy atom. The smallest absolute Gasteiger partial charge is 0.312 e. The van der Waals surface area contributed by atoms with Crippen LogP contribution in [0.3, 0.4) is 0 Å². The van der Waals surface area contributed by atoms with Gasteiger partial charge in [0.2, 0.25) is 0 Å². The number of allylic oxidation sites excluding steroid dienone is 1. The maximum Gasteiger partial charge on any atom is 0.312 e. The first-order valence-corrected chi connectivity index (χ1v) is 5.34. The number of hydrogen-bond donors (Lipinski definition) is 0. The van der Waals surface area contributed by atoms with Gasteiger partial charge >= 0.3 is 5.97 Å². The van der Waals surface area contributed by atoms with Crippen LogP contribution in [0.2, 0.25) is 0 Å². The van der Waals surface area contributed by atoms with E-state index in [4.69, 9.17) is 4.74 Å². The molecule has 1 aliphatic rings. The first kappa shape index (κ1) is 11.3. The van der Waals surface area contributed by atoms with Crippen molar-refractivity contribution in [1.29, 1.82) is 0 Å². The third-order valence-electron chi connectivity index (χ3n) is 3.38. The minimum absolute atomic E-state index is 0.0516. The van der Waals surface area contributed by atoms with Crippen molar-refractivity contribution in [3.63, 3.8) is 0 Å². The van der Waals surface area contributed by atoms with Crippen LogP contribution in [0.25, 0.3) is 0 Å². The van der Waals surface area contributed by atoms with E-state index in [-0.39, 0.29) is 11.4 Å².